The summed E-state index contributed by atoms with van der Waals surface area (Å²) in [7, 11) is 0. The Hall–Kier alpha value is -1.28. The van der Waals surface area contributed by atoms with Crippen LogP contribution in [0, 0.1) is 5.92 Å². The fourth-order valence-corrected chi connectivity index (χ4v) is 2.98. The number of fused-ring (bicyclic) bond motifs is 1. The van der Waals surface area contributed by atoms with Gasteiger partial charge in [-0.2, -0.15) is 0 Å². The summed E-state index contributed by atoms with van der Waals surface area (Å²) in [5.74, 6) is 0.549. The Morgan fingerprint density at radius 3 is 2.83 bits per heavy atom. The van der Waals surface area contributed by atoms with Crippen molar-refractivity contribution < 1.29 is 9.47 Å². The number of rotatable bonds is 3. The lowest BCUT2D eigenvalue weighted by Gasteiger charge is -2.37. The van der Waals surface area contributed by atoms with Gasteiger partial charge < -0.3 is 9.47 Å². The molecule has 0 spiro atoms. The zero-order valence-corrected chi connectivity index (χ0v) is 10.6. The van der Waals surface area contributed by atoms with Crippen LogP contribution in [0.5, 0.6) is 0 Å². The zero-order chi connectivity index (χ0) is 12.2. The molecule has 96 valence electrons. The third-order valence-electron chi connectivity index (χ3n) is 3.98. The Morgan fingerprint density at radius 1 is 1.11 bits per heavy atom. The molecule has 0 bridgehead atoms. The molecule has 0 radical (unpaired) electrons. The van der Waals surface area contributed by atoms with E-state index in [0.29, 0.717) is 18.6 Å². The standard InChI is InChI=1S/C16H20O2/c1-2-6-13(7-3-1)12-18-16-10-11-17-15-9-5-4-8-14(15)16/h1-3,6-7,10-11,14-16H,4-5,8-9,12H2/t14-,15+,16-/m0/s1. The molecule has 1 aromatic rings. The topological polar surface area (TPSA) is 18.5 Å². The van der Waals surface area contributed by atoms with Gasteiger partial charge in [0.25, 0.3) is 0 Å². The molecule has 1 aliphatic heterocycles. The van der Waals surface area contributed by atoms with Crippen molar-refractivity contribution in [3.63, 3.8) is 0 Å². The first kappa shape index (κ1) is 11.8. The molecule has 0 amide bonds. The van der Waals surface area contributed by atoms with Gasteiger partial charge in [0.2, 0.25) is 0 Å². The first-order valence-corrected chi connectivity index (χ1v) is 6.91. The normalized spacial score (nSPS) is 30.6. The SMILES string of the molecule is C1=C[C@H](OCc2ccccc2)[C@H]2CCCC[C@H]2O1. The lowest BCUT2D eigenvalue weighted by Crippen LogP contribution is -2.38. The molecule has 1 saturated carbocycles. The monoisotopic (exact) mass is 244 g/mol. The van der Waals surface area contributed by atoms with Crippen LogP contribution in [0.15, 0.2) is 42.7 Å². The first-order valence-electron chi connectivity index (χ1n) is 6.91. The number of benzene rings is 1. The molecule has 0 N–H and O–H groups in total. The Kier molecular flexibility index (Phi) is 3.65. The number of hydrogen-bond donors (Lipinski definition) is 0. The molecule has 1 aromatic carbocycles. The van der Waals surface area contributed by atoms with Crippen molar-refractivity contribution in [3.05, 3.63) is 48.2 Å². The predicted molar refractivity (Wildman–Crippen MR) is 71.0 cm³/mol. The van der Waals surface area contributed by atoms with Gasteiger partial charge in [-0.3, -0.25) is 0 Å². The molecule has 1 fully saturated rings. The highest BCUT2D eigenvalue weighted by molar-refractivity contribution is 5.13. The molecule has 0 saturated heterocycles. The molecule has 0 aromatic heterocycles. The third-order valence-corrected chi connectivity index (χ3v) is 3.98. The first-order chi connectivity index (χ1) is 8.93. The van der Waals surface area contributed by atoms with E-state index in [9.17, 15) is 0 Å². The minimum atomic E-state index is 0.226. The average Bonchev–Trinajstić information content (AvgIpc) is 2.46. The van der Waals surface area contributed by atoms with Crippen molar-refractivity contribution in [2.75, 3.05) is 0 Å². The van der Waals surface area contributed by atoms with Crippen LogP contribution >= 0.6 is 0 Å². The third kappa shape index (κ3) is 2.59. The molecule has 1 aliphatic carbocycles. The minimum Gasteiger partial charge on any atom is -0.498 e. The van der Waals surface area contributed by atoms with Crippen LogP contribution in [0.1, 0.15) is 31.2 Å². The van der Waals surface area contributed by atoms with Crippen molar-refractivity contribution in [2.45, 2.75) is 44.5 Å². The Morgan fingerprint density at radius 2 is 1.94 bits per heavy atom. The van der Waals surface area contributed by atoms with Gasteiger partial charge in [0.05, 0.1) is 19.0 Å². The lowest BCUT2D eigenvalue weighted by molar-refractivity contribution is -0.0592. The van der Waals surface area contributed by atoms with E-state index in [4.69, 9.17) is 9.47 Å². The summed E-state index contributed by atoms with van der Waals surface area (Å²) in [5.41, 5.74) is 1.24. The molecule has 18 heavy (non-hydrogen) atoms. The number of ether oxygens (including phenoxy) is 2. The fraction of sp³-hybridized carbons (Fsp3) is 0.500. The average molecular weight is 244 g/mol. The van der Waals surface area contributed by atoms with E-state index in [1.165, 1.54) is 31.2 Å². The maximum Gasteiger partial charge on any atom is 0.103 e. The van der Waals surface area contributed by atoms with Crippen LogP contribution in [0.3, 0.4) is 0 Å². The summed E-state index contributed by atoms with van der Waals surface area (Å²) in [6, 6.07) is 10.4. The molecule has 0 unspecified atom stereocenters. The van der Waals surface area contributed by atoms with Crippen LogP contribution in [0.25, 0.3) is 0 Å². The van der Waals surface area contributed by atoms with Crippen LogP contribution < -0.4 is 0 Å². The zero-order valence-electron chi connectivity index (χ0n) is 10.6. The van der Waals surface area contributed by atoms with Crippen molar-refractivity contribution >= 4 is 0 Å². The Bertz CT molecular complexity index is 399. The largest absolute Gasteiger partial charge is 0.498 e. The Balaban J connectivity index is 1.61. The maximum absolute atomic E-state index is 6.07. The van der Waals surface area contributed by atoms with Gasteiger partial charge in [0, 0.05) is 5.92 Å². The van der Waals surface area contributed by atoms with Gasteiger partial charge in [0.15, 0.2) is 0 Å². The second-order valence-electron chi connectivity index (χ2n) is 5.21. The van der Waals surface area contributed by atoms with Crippen molar-refractivity contribution in [1.29, 1.82) is 0 Å². The van der Waals surface area contributed by atoms with Gasteiger partial charge in [0.1, 0.15) is 6.10 Å². The second-order valence-corrected chi connectivity index (χ2v) is 5.21. The minimum absolute atomic E-state index is 0.226. The number of hydrogen-bond acceptors (Lipinski definition) is 2. The summed E-state index contributed by atoms with van der Waals surface area (Å²) in [5, 5.41) is 0. The van der Waals surface area contributed by atoms with Gasteiger partial charge in [-0.05, 0) is 30.9 Å². The lowest BCUT2D eigenvalue weighted by atomic mass is 9.81. The van der Waals surface area contributed by atoms with E-state index in [2.05, 4.69) is 30.3 Å². The van der Waals surface area contributed by atoms with Crippen molar-refractivity contribution in [2.24, 2.45) is 5.92 Å². The molecular formula is C16H20O2. The quantitative estimate of drug-likeness (QED) is 0.807. The van der Waals surface area contributed by atoms with Crippen LogP contribution in [-0.4, -0.2) is 12.2 Å². The van der Waals surface area contributed by atoms with Gasteiger partial charge in [-0.1, -0.05) is 36.8 Å². The summed E-state index contributed by atoms with van der Waals surface area (Å²) in [4.78, 5) is 0. The summed E-state index contributed by atoms with van der Waals surface area (Å²) in [6.07, 6.45) is 9.53. The molecule has 3 atom stereocenters. The van der Waals surface area contributed by atoms with E-state index in [0.717, 1.165) is 0 Å². The van der Waals surface area contributed by atoms with Crippen LogP contribution in [0.2, 0.25) is 0 Å². The molecule has 1 heterocycles. The van der Waals surface area contributed by atoms with Crippen LogP contribution in [0.4, 0.5) is 0 Å². The van der Waals surface area contributed by atoms with Crippen molar-refractivity contribution in [1.82, 2.24) is 0 Å². The van der Waals surface area contributed by atoms with E-state index in [1.807, 2.05) is 12.3 Å². The van der Waals surface area contributed by atoms with Crippen molar-refractivity contribution in [3.8, 4) is 0 Å². The highest BCUT2D eigenvalue weighted by Crippen LogP contribution is 2.34. The highest BCUT2D eigenvalue weighted by atomic mass is 16.5. The maximum atomic E-state index is 6.07. The van der Waals surface area contributed by atoms with Gasteiger partial charge in [-0.15, -0.1) is 0 Å². The fourth-order valence-electron chi connectivity index (χ4n) is 2.98. The molecule has 2 heteroatoms. The molecular weight excluding hydrogens is 224 g/mol. The summed E-state index contributed by atoms with van der Waals surface area (Å²) in [6.45, 7) is 0.694. The van der Waals surface area contributed by atoms with E-state index >= 15 is 0 Å². The van der Waals surface area contributed by atoms with E-state index < -0.39 is 0 Å². The predicted octanol–water partition coefficient (Wildman–Crippen LogP) is 3.67. The molecule has 2 aliphatic rings. The van der Waals surface area contributed by atoms with E-state index in [1.54, 1.807) is 0 Å². The highest BCUT2D eigenvalue weighted by Gasteiger charge is 2.34. The summed E-state index contributed by atoms with van der Waals surface area (Å²) < 4.78 is 11.8. The molecule has 2 nitrogen and oxygen atoms in total. The van der Waals surface area contributed by atoms with E-state index in [-0.39, 0.29) is 6.10 Å². The second kappa shape index (κ2) is 5.57. The molecule has 3 rings (SSSR count). The van der Waals surface area contributed by atoms with Crippen LogP contribution in [-0.2, 0) is 16.1 Å². The van der Waals surface area contributed by atoms with Gasteiger partial charge >= 0.3 is 0 Å². The Labute approximate surface area is 109 Å². The summed E-state index contributed by atoms with van der Waals surface area (Å²) >= 11 is 0. The van der Waals surface area contributed by atoms with Gasteiger partial charge in [-0.25, -0.2) is 0 Å². The smallest absolute Gasteiger partial charge is 0.103 e.